The summed E-state index contributed by atoms with van der Waals surface area (Å²) >= 11 is 0. The van der Waals surface area contributed by atoms with Crippen molar-refractivity contribution in [3.8, 4) is 0 Å². The number of carbonyl (C=O) groups is 1. The SMILES string of the molecule is C[C@H](NC(=O)NCCc1cccnc1)c1nncn1C. The fourth-order valence-corrected chi connectivity index (χ4v) is 1.86. The zero-order valence-electron chi connectivity index (χ0n) is 11.6. The Hall–Kier alpha value is -2.44. The lowest BCUT2D eigenvalue weighted by Crippen LogP contribution is -2.38. The lowest BCUT2D eigenvalue weighted by molar-refractivity contribution is 0.237. The Morgan fingerprint density at radius 1 is 1.50 bits per heavy atom. The highest BCUT2D eigenvalue weighted by Gasteiger charge is 2.13. The Bertz CT molecular complexity index is 553. The van der Waals surface area contributed by atoms with Crippen molar-refractivity contribution in [2.45, 2.75) is 19.4 Å². The lowest BCUT2D eigenvalue weighted by Gasteiger charge is -2.13. The van der Waals surface area contributed by atoms with E-state index in [1.54, 1.807) is 23.3 Å². The smallest absolute Gasteiger partial charge is 0.315 e. The molecule has 0 fully saturated rings. The molecule has 2 heterocycles. The minimum atomic E-state index is -0.218. The number of carbonyl (C=O) groups excluding carboxylic acids is 1. The van der Waals surface area contributed by atoms with E-state index in [0.29, 0.717) is 12.4 Å². The van der Waals surface area contributed by atoms with Gasteiger partial charge in [-0.1, -0.05) is 6.07 Å². The van der Waals surface area contributed by atoms with Gasteiger partial charge in [0.1, 0.15) is 6.33 Å². The largest absolute Gasteiger partial charge is 0.338 e. The second-order valence-electron chi connectivity index (χ2n) is 4.53. The number of aryl methyl sites for hydroxylation is 1. The Balaban J connectivity index is 1.74. The summed E-state index contributed by atoms with van der Waals surface area (Å²) in [7, 11) is 1.84. The van der Waals surface area contributed by atoms with Crippen molar-refractivity contribution in [2.24, 2.45) is 7.05 Å². The van der Waals surface area contributed by atoms with Crippen LogP contribution >= 0.6 is 0 Å². The van der Waals surface area contributed by atoms with Crippen LogP contribution < -0.4 is 10.6 Å². The van der Waals surface area contributed by atoms with E-state index in [2.05, 4.69) is 25.8 Å². The van der Waals surface area contributed by atoms with Gasteiger partial charge in [0.2, 0.25) is 0 Å². The Morgan fingerprint density at radius 2 is 2.35 bits per heavy atom. The van der Waals surface area contributed by atoms with Gasteiger partial charge in [0.15, 0.2) is 5.82 Å². The maximum Gasteiger partial charge on any atom is 0.315 e. The zero-order valence-corrected chi connectivity index (χ0v) is 11.6. The summed E-state index contributed by atoms with van der Waals surface area (Å²) in [6, 6.07) is 3.45. The highest BCUT2D eigenvalue weighted by Crippen LogP contribution is 2.06. The van der Waals surface area contributed by atoms with Gasteiger partial charge in [0, 0.05) is 26.0 Å². The molecule has 2 rings (SSSR count). The third-order valence-corrected chi connectivity index (χ3v) is 2.90. The summed E-state index contributed by atoms with van der Waals surface area (Å²) < 4.78 is 1.78. The van der Waals surface area contributed by atoms with E-state index in [-0.39, 0.29) is 12.1 Å². The number of nitrogens with one attached hydrogen (secondary N) is 2. The Labute approximate surface area is 117 Å². The highest BCUT2D eigenvalue weighted by atomic mass is 16.2. The first-order chi connectivity index (χ1) is 9.66. The average molecular weight is 274 g/mol. The molecule has 0 unspecified atom stereocenters. The number of hydrogen-bond acceptors (Lipinski definition) is 4. The van der Waals surface area contributed by atoms with E-state index >= 15 is 0 Å². The van der Waals surface area contributed by atoms with Gasteiger partial charge in [0.05, 0.1) is 6.04 Å². The molecule has 0 spiro atoms. The van der Waals surface area contributed by atoms with E-state index in [0.717, 1.165) is 12.0 Å². The van der Waals surface area contributed by atoms with E-state index in [1.165, 1.54) is 0 Å². The summed E-state index contributed by atoms with van der Waals surface area (Å²) in [4.78, 5) is 15.8. The van der Waals surface area contributed by atoms with Crippen LogP contribution in [0.5, 0.6) is 0 Å². The lowest BCUT2D eigenvalue weighted by atomic mass is 10.2. The van der Waals surface area contributed by atoms with Crippen LogP contribution in [0, 0.1) is 0 Å². The highest BCUT2D eigenvalue weighted by molar-refractivity contribution is 5.74. The first kappa shape index (κ1) is 14.0. The molecular weight excluding hydrogens is 256 g/mol. The Morgan fingerprint density at radius 3 is 3.00 bits per heavy atom. The van der Waals surface area contributed by atoms with Gasteiger partial charge in [0.25, 0.3) is 0 Å². The van der Waals surface area contributed by atoms with Crippen molar-refractivity contribution >= 4 is 6.03 Å². The van der Waals surface area contributed by atoms with Crippen LogP contribution in [0.25, 0.3) is 0 Å². The first-order valence-corrected chi connectivity index (χ1v) is 6.44. The molecule has 20 heavy (non-hydrogen) atoms. The maximum atomic E-state index is 11.8. The fraction of sp³-hybridized carbons (Fsp3) is 0.385. The van der Waals surface area contributed by atoms with Gasteiger partial charge in [-0.05, 0) is 25.0 Å². The fourth-order valence-electron chi connectivity index (χ4n) is 1.86. The van der Waals surface area contributed by atoms with Crippen LogP contribution in [0.4, 0.5) is 4.79 Å². The minimum absolute atomic E-state index is 0.194. The Kier molecular flexibility index (Phi) is 4.65. The van der Waals surface area contributed by atoms with Crippen LogP contribution in [-0.4, -0.2) is 32.3 Å². The van der Waals surface area contributed by atoms with Crippen molar-refractivity contribution < 1.29 is 4.79 Å². The van der Waals surface area contributed by atoms with Crippen LogP contribution in [0.2, 0.25) is 0 Å². The van der Waals surface area contributed by atoms with E-state index in [1.807, 2.05) is 26.1 Å². The number of aromatic nitrogens is 4. The second-order valence-corrected chi connectivity index (χ2v) is 4.53. The van der Waals surface area contributed by atoms with Crippen molar-refractivity contribution in [3.05, 3.63) is 42.2 Å². The number of hydrogen-bond donors (Lipinski definition) is 2. The van der Waals surface area contributed by atoms with Gasteiger partial charge in [-0.2, -0.15) is 0 Å². The maximum absolute atomic E-state index is 11.8. The summed E-state index contributed by atoms with van der Waals surface area (Å²) in [6.45, 7) is 2.42. The summed E-state index contributed by atoms with van der Waals surface area (Å²) in [5.41, 5.74) is 1.09. The molecule has 2 N–H and O–H groups in total. The number of nitrogens with zero attached hydrogens (tertiary/aromatic N) is 4. The van der Waals surface area contributed by atoms with Gasteiger partial charge in [-0.25, -0.2) is 4.79 Å². The van der Waals surface area contributed by atoms with Crippen LogP contribution in [0.15, 0.2) is 30.9 Å². The third-order valence-electron chi connectivity index (χ3n) is 2.90. The molecule has 0 saturated heterocycles. The molecule has 7 heteroatoms. The third kappa shape index (κ3) is 3.78. The molecule has 0 bridgehead atoms. The molecule has 0 radical (unpaired) electrons. The van der Waals surface area contributed by atoms with Crippen molar-refractivity contribution in [1.82, 2.24) is 30.4 Å². The van der Waals surface area contributed by atoms with Crippen molar-refractivity contribution in [3.63, 3.8) is 0 Å². The number of rotatable bonds is 5. The predicted octanol–water partition coefficient (Wildman–Crippen LogP) is 0.813. The number of amides is 2. The first-order valence-electron chi connectivity index (χ1n) is 6.44. The molecule has 1 atom stereocenters. The monoisotopic (exact) mass is 274 g/mol. The summed E-state index contributed by atoms with van der Waals surface area (Å²) in [6.07, 6.45) is 5.88. The van der Waals surface area contributed by atoms with E-state index in [4.69, 9.17) is 0 Å². The molecular formula is C13H18N6O. The van der Waals surface area contributed by atoms with E-state index in [9.17, 15) is 4.79 Å². The molecule has 2 aromatic heterocycles. The molecule has 106 valence electrons. The zero-order chi connectivity index (χ0) is 14.4. The molecule has 0 saturated carbocycles. The molecule has 0 aliphatic heterocycles. The van der Waals surface area contributed by atoms with Gasteiger partial charge in [-0.15, -0.1) is 10.2 Å². The second kappa shape index (κ2) is 6.65. The van der Waals surface area contributed by atoms with Crippen molar-refractivity contribution in [2.75, 3.05) is 6.54 Å². The minimum Gasteiger partial charge on any atom is -0.338 e. The van der Waals surface area contributed by atoms with Crippen LogP contribution in [0.3, 0.4) is 0 Å². The number of urea groups is 1. The van der Waals surface area contributed by atoms with Gasteiger partial charge in [-0.3, -0.25) is 4.98 Å². The summed E-state index contributed by atoms with van der Waals surface area (Å²) in [5, 5.41) is 13.4. The van der Waals surface area contributed by atoms with Crippen LogP contribution in [0.1, 0.15) is 24.4 Å². The normalized spacial score (nSPS) is 11.9. The quantitative estimate of drug-likeness (QED) is 0.845. The molecule has 0 aliphatic rings. The standard InChI is InChI=1S/C13H18N6O/c1-10(12-18-16-9-19(12)2)17-13(20)15-7-5-11-4-3-6-14-8-11/h3-4,6,8-10H,5,7H2,1-2H3,(H2,15,17,20)/t10-/m0/s1. The topological polar surface area (TPSA) is 84.7 Å². The molecule has 2 amide bonds. The molecule has 7 nitrogen and oxygen atoms in total. The molecule has 2 aromatic rings. The van der Waals surface area contributed by atoms with E-state index < -0.39 is 0 Å². The average Bonchev–Trinajstić information content (AvgIpc) is 2.86. The van der Waals surface area contributed by atoms with Crippen LogP contribution in [-0.2, 0) is 13.5 Å². The molecule has 0 aromatic carbocycles. The molecule has 0 aliphatic carbocycles. The van der Waals surface area contributed by atoms with Crippen molar-refractivity contribution in [1.29, 1.82) is 0 Å². The van der Waals surface area contributed by atoms with Gasteiger partial charge < -0.3 is 15.2 Å². The summed E-state index contributed by atoms with van der Waals surface area (Å²) in [5.74, 6) is 0.715. The predicted molar refractivity (Wildman–Crippen MR) is 73.9 cm³/mol. The number of pyridine rings is 1. The van der Waals surface area contributed by atoms with Gasteiger partial charge >= 0.3 is 6.03 Å².